The summed E-state index contributed by atoms with van der Waals surface area (Å²) in [4.78, 5) is 14.3. The van der Waals surface area contributed by atoms with Gasteiger partial charge in [0.05, 0.1) is 19.3 Å². The molecule has 1 aromatic rings. The van der Waals surface area contributed by atoms with E-state index in [2.05, 4.69) is 4.90 Å². The first kappa shape index (κ1) is 16.0. The van der Waals surface area contributed by atoms with Crippen molar-refractivity contribution in [2.45, 2.75) is 32.3 Å². The second-order valence-electron chi connectivity index (χ2n) is 5.57. The van der Waals surface area contributed by atoms with E-state index in [4.69, 9.17) is 9.47 Å². The van der Waals surface area contributed by atoms with Crippen LogP contribution in [0.3, 0.4) is 0 Å². The monoisotopic (exact) mass is 291 g/mol. The average Bonchev–Trinajstić information content (AvgIpc) is 2.49. The Morgan fingerprint density at radius 2 is 2.10 bits per heavy atom. The van der Waals surface area contributed by atoms with Gasteiger partial charge in [0.1, 0.15) is 5.75 Å². The first-order valence-corrected chi connectivity index (χ1v) is 7.75. The van der Waals surface area contributed by atoms with Crippen molar-refractivity contribution in [3.05, 3.63) is 29.8 Å². The summed E-state index contributed by atoms with van der Waals surface area (Å²) < 4.78 is 11.1. The second-order valence-corrected chi connectivity index (χ2v) is 5.57. The van der Waals surface area contributed by atoms with Crippen molar-refractivity contribution < 1.29 is 14.3 Å². The number of ether oxygens (including phenoxy) is 2. The highest BCUT2D eigenvalue weighted by molar-refractivity contribution is 5.97. The van der Waals surface area contributed by atoms with Gasteiger partial charge in [0.2, 0.25) is 0 Å². The number of likely N-dealkylation sites (N-methyl/N-ethyl adjacent to an activating group) is 1. The van der Waals surface area contributed by atoms with E-state index in [9.17, 15) is 4.79 Å². The van der Waals surface area contributed by atoms with Crippen molar-refractivity contribution in [2.24, 2.45) is 0 Å². The quantitative estimate of drug-likeness (QED) is 0.724. The van der Waals surface area contributed by atoms with Gasteiger partial charge in [-0.25, -0.2) is 0 Å². The van der Waals surface area contributed by atoms with E-state index >= 15 is 0 Å². The summed E-state index contributed by atoms with van der Waals surface area (Å²) in [7, 11) is 1.98. The van der Waals surface area contributed by atoms with E-state index in [0.29, 0.717) is 13.2 Å². The first-order chi connectivity index (χ1) is 10.2. The van der Waals surface area contributed by atoms with Crippen molar-refractivity contribution in [2.75, 3.05) is 33.4 Å². The Balaban J connectivity index is 1.82. The molecule has 1 aliphatic rings. The third-order valence-electron chi connectivity index (χ3n) is 3.69. The minimum Gasteiger partial charge on any atom is -0.494 e. The molecule has 0 aromatic heterocycles. The molecule has 1 fully saturated rings. The molecule has 0 saturated carbocycles. The predicted molar refractivity (Wildman–Crippen MR) is 83.0 cm³/mol. The highest BCUT2D eigenvalue weighted by atomic mass is 16.5. The zero-order chi connectivity index (χ0) is 15.1. The highest BCUT2D eigenvalue weighted by Crippen LogP contribution is 2.15. The molecule has 0 N–H and O–H groups in total. The minimum absolute atomic E-state index is 0.136. The molecular formula is C17H25NO3. The maximum absolute atomic E-state index is 12.2. The fourth-order valence-electron chi connectivity index (χ4n) is 2.60. The van der Waals surface area contributed by atoms with Gasteiger partial charge >= 0.3 is 0 Å². The molecule has 1 aliphatic heterocycles. The van der Waals surface area contributed by atoms with Crippen molar-refractivity contribution in [1.29, 1.82) is 0 Å². The second kappa shape index (κ2) is 8.15. The predicted octanol–water partition coefficient (Wildman–Crippen LogP) is 2.77. The molecule has 0 aliphatic carbocycles. The summed E-state index contributed by atoms with van der Waals surface area (Å²) in [5.74, 6) is 0.939. The van der Waals surface area contributed by atoms with Crippen LogP contribution in [0.2, 0.25) is 0 Å². The Morgan fingerprint density at radius 3 is 2.71 bits per heavy atom. The number of Topliss-reactive ketones (excluding diaryl/α,β-unsaturated/α-hetero) is 1. The summed E-state index contributed by atoms with van der Waals surface area (Å²) in [5.41, 5.74) is 0.731. The van der Waals surface area contributed by atoms with Crippen LogP contribution in [0.1, 0.15) is 36.5 Å². The van der Waals surface area contributed by atoms with E-state index < -0.39 is 0 Å². The highest BCUT2D eigenvalue weighted by Gasteiger charge is 2.17. The van der Waals surface area contributed by atoms with Crippen LogP contribution >= 0.6 is 0 Å². The maximum Gasteiger partial charge on any atom is 0.176 e. The van der Waals surface area contributed by atoms with Gasteiger partial charge in [-0.15, -0.1) is 0 Å². The summed E-state index contributed by atoms with van der Waals surface area (Å²) in [5, 5.41) is 0. The van der Waals surface area contributed by atoms with Crippen molar-refractivity contribution in [1.82, 2.24) is 4.90 Å². The Hall–Kier alpha value is -1.39. The van der Waals surface area contributed by atoms with Gasteiger partial charge in [0.15, 0.2) is 5.78 Å². The molecule has 4 heteroatoms. The number of rotatable bonds is 7. The van der Waals surface area contributed by atoms with Gasteiger partial charge in [-0.05, 0) is 57.5 Å². The van der Waals surface area contributed by atoms with E-state index in [-0.39, 0.29) is 11.9 Å². The standard InChI is InChI=1S/C17H25NO3/c1-3-20-15-9-7-14(8-10-15)17(19)13-18(2)12-16-6-4-5-11-21-16/h7-10,16H,3-6,11-13H2,1-2H3. The lowest BCUT2D eigenvalue weighted by atomic mass is 10.1. The fraction of sp³-hybridized carbons (Fsp3) is 0.588. The van der Waals surface area contributed by atoms with Crippen LogP contribution in [0.5, 0.6) is 5.75 Å². The van der Waals surface area contributed by atoms with Gasteiger partial charge < -0.3 is 9.47 Å². The fourth-order valence-corrected chi connectivity index (χ4v) is 2.60. The van der Waals surface area contributed by atoms with Crippen molar-refractivity contribution in [3.63, 3.8) is 0 Å². The molecule has 1 unspecified atom stereocenters. The molecule has 1 heterocycles. The first-order valence-electron chi connectivity index (χ1n) is 7.75. The third-order valence-corrected chi connectivity index (χ3v) is 3.69. The molecule has 2 rings (SSSR count). The number of carbonyl (C=O) groups is 1. The van der Waals surface area contributed by atoms with E-state index in [1.165, 1.54) is 6.42 Å². The Labute approximate surface area is 127 Å². The van der Waals surface area contributed by atoms with Crippen LogP contribution in [0.25, 0.3) is 0 Å². The Kier molecular flexibility index (Phi) is 6.21. The van der Waals surface area contributed by atoms with Crippen LogP contribution in [0, 0.1) is 0 Å². The van der Waals surface area contributed by atoms with Crippen molar-refractivity contribution >= 4 is 5.78 Å². The van der Waals surface area contributed by atoms with Gasteiger partial charge in [-0.1, -0.05) is 0 Å². The number of carbonyl (C=O) groups excluding carboxylic acids is 1. The molecule has 1 atom stereocenters. The Morgan fingerprint density at radius 1 is 1.33 bits per heavy atom. The lowest BCUT2D eigenvalue weighted by molar-refractivity contribution is -0.000668. The normalized spacial score (nSPS) is 18.7. The number of benzene rings is 1. The molecule has 0 amide bonds. The third kappa shape index (κ3) is 5.14. The van der Waals surface area contributed by atoms with Gasteiger partial charge in [-0.3, -0.25) is 9.69 Å². The van der Waals surface area contributed by atoms with Crippen LogP contribution < -0.4 is 4.74 Å². The summed E-state index contributed by atoms with van der Waals surface area (Å²) in [6, 6.07) is 7.36. The molecule has 0 bridgehead atoms. The molecule has 0 radical (unpaired) electrons. The lowest BCUT2D eigenvalue weighted by Gasteiger charge is -2.27. The van der Waals surface area contributed by atoms with Gasteiger partial charge in [0, 0.05) is 18.7 Å². The number of nitrogens with zero attached hydrogens (tertiary/aromatic N) is 1. The zero-order valence-corrected chi connectivity index (χ0v) is 13.0. The molecule has 0 spiro atoms. The topological polar surface area (TPSA) is 38.8 Å². The van der Waals surface area contributed by atoms with E-state index in [1.807, 2.05) is 38.2 Å². The van der Waals surface area contributed by atoms with Gasteiger partial charge in [-0.2, -0.15) is 0 Å². The van der Waals surface area contributed by atoms with Crippen LogP contribution in [-0.4, -0.2) is 50.1 Å². The lowest BCUT2D eigenvalue weighted by Crippen LogP contribution is -2.36. The summed E-state index contributed by atoms with van der Waals surface area (Å²) in [6.45, 7) is 4.68. The molecule has 1 aromatic carbocycles. The molecule has 116 valence electrons. The van der Waals surface area contributed by atoms with E-state index in [0.717, 1.165) is 37.3 Å². The molecule has 4 nitrogen and oxygen atoms in total. The zero-order valence-electron chi connectivity index (χ0n) is 13.0. The smallest absolute Gasteiger partial charge is 0.176 e. The minimum atomic E-state index is 0.136. The summed E-state index contributed by atoms with van der Waals surface area (Å²) >= 11 is 0. The van der Waals surface area contributed by atoms with E-state index in [1.54, 1.807) is 0 Å². The van der Waals surface area contributed by atoms with Gasteiger partial charge in [0.25, 0.3) is 0 Å². The van der Waals surface area contributed by atoms with Crippen LogP contribution in [-0.2, 0) is 4.74 Å². The maximum atomic E-state index is 12.2. The average molecular weight is 291 g/mol. The van der Waals surface area contributed by atoms with Crippen LogP contribution in [0.15, 0.2) is 24.3 Å². The Bertz CT molecular complexity index is 438. The number of hydrogen-bond donors (Lipinski definition) is 0. The van der Waals surface area contributed by atoms with Crippen LogP contribution in [0.4, 0.5) is 0 Å². The number of ketones is 1. The molecule has 21 heavy (non-hydrogen) atoms. The molecule has 1 saturated heterocycles. The largest absolute Gasteiger partial charge is 0.494 e. The SMILES string of the molecule is CCOc1ccc(C(=O)CN(C)CC2CCCCO2)cc1. The van der Waals surface area contributed by atoms with Crippen molar-refractivity contribution in [3.8, 4) is 5.75 Å². The molecular weight excluding hydrogens is 266 g/mol. The number of hydrogen-bond acceptors (Lipinski definition) is 4. The summed E-state index contributed by atoms with van der Waals surface area (Å²) in [6.07, 6.45) is 3.76.